The molecule has 0 spiro atoms. The molecule has 1 saturated carbocycles. The van der Waals surface area contributed by atoms with E-state index < -0.39 is 0 Å². The van der Waals surface area contributed by atoms with Crippen LogP contribution >= 0.6 is 0 Å². The van der Waals surface area contributed by atoms with Gasteiger partial charge in [-0.1, -0.05) is 57.5 Å². The van der Waals surface area contributed by atoms with Gasteiger partial charge in [0.1, 0.15) is 0 Å². The summed E-state index contributed by atoms with van der Waals surface area (Å²) in [6.45, 7) is 8.09. The van der Waals surface area contributed by atoms with Gasteiger partial charge in [-0.3, -0.25) is 0 Å². The fourth-order valence-corrected chi connectivity index (χ4v) is 3.46. The molecule has 1 nitrogen and oxygen atoms in total. The zero-order valence-electron chi connectivity index (χ0n) is 12.8. The van der Waals surface area contributed by atoms with Gasteiger partial charge in [0.2, 0.25) is 0 Å². The van der Waals surface area contributed by atoms with Crippen molar-refractivity contribution in [3.63, 3.8) is 0 Å². The van der Waals surface area contributed by atoms with Crippen LogP contribution in [0.1, 0.15) is 58.4 Å². The van der Waals surface area contributed by atoms with Crippen LogP contribution in [-0.2, 0) is 5.41 Å². The molecular formula is C18H29N. The molecule has 0 aliphatic heterocycles. The molecule has 1 aliphatic carbocycles. The predicted octanol–water partition coefficient (Wildman–Crippen LogP) is 4.52. The Kier molecular flexibility index (Phi) is 5.04. The highest BCUT2D eigenvalue weighted by molar-refractivity contribution is 5.30. The van der Waals surface area contributed by atoms with Gasteiger partial charge in [0, 0.05) is 11.5 Å². The second-order valence-corrected chi connectivity index (χ2v) is 6.51. The van der Waals surface area contributed by atoms with Crippen LogP contribution < -0.4 is 5.32 Å². The highest BCUT2D eigenvalue weighted by atomic mass is 14.9. The number of nitrogens with one attached hydrogen (secondary N) is 1. The van der Waals surface area contributed by atoms with Crippen LogP contribution in [0.25, 0.3) is 0 Å². The van der Waals surface area contributed by atoms with E-state index in [1.54, 1.807) is 5.56 Å². The summed E-state index contributed by atoms with van der Waals surface area (Å²) in [5, 5.41) is 3.84. The smallest absolute Gasteiger partial charge is 0.0166 e. The molecule has 1 atom stereocenters. The predicted molar refractivity (Wildman–Crippen MR) is 83.5 cm³/mol. The molecule has 1 heteroatoms. The summed E-state index contributed by atoms with van der Waals surface area (Å²) in [7, 11) is 0. The summed E-state index contributed by atoms with van der Waals surface area (Å²) in [5.41, 5.74) is 1.95. The lowest BCUT2D eigenvalue weighted by Gasteiger charge is -2.49. The molecule has 0 bridgehead atoms. The maximum absolute atomic E-state index is 3.84. The molecule has 0 heterocycles. The highest BCUT2D eigenvalue weighted by Gasteiger charge is 2.44. The van der Waals surface area contributed by atoms with Gasteiger partial charge in [0.05, 0.1) is 0 Å². The van der Waals surface area contributed by atoms with Crippen LogP contribution in [0, 0.1) is 5.92 Å². The monoisotopic (exact) mass is 259 g/mol. The van der Waals surface area contributed by atoms with E-state index in [9.17, 15) is 0 Å². The van der Waals surface area contributed by atoms with E-state index in [4.69, 9.17) is 0 Å². The Bertz CT molecular complexity index is 365. The van der Waals surface area contributed by atoms with Crippen molar-refractivity contribution in [1.29, 1.82) is 0 Å². The second kappa shape index (κ2) is 6.56. The van der Waals surface area contributed by atoms with Gasteiger partial charge in [0.15, 0.2) is 0 Å². The standard InChI is InChI=1S/C18H29N/c1-4-13-19-17(14-15(2)3)18(11-8-12-18)16-9-6-5-7-10-16/h5-7,9-10,15,17,19H,4,8,11-14H2,1-3H3. The maximum Gasteiger partial charge on any atom is 0.0166 e. The van der Waals surface area contributed by atoms with E-state index in [0.29, 0.717) is 11.5 Å². The molecule has 1 aliphatic rings. The first-order valence-corrected chi connectivity index (χ1v) is 7.98. The molecule has 1 N–H and O–H groups in total. The summed E-state index contributed by atoms with van der Waals surface area (Å²) < 4.78 is 0. The average molecular weight is 259 g/mol. The van der Waals surface area contributed by atoms with Crippen LogP contribution in [0.15, 0.2) is 30.3 Å². The Morgan fingerprint density at radius 1 is 1.16 bits per heavy atom. The lowest BCUT2D eigenvalue weighted by Crippen LogP contribution is -2.53. The highest BCUT2D eigenvalue weighted by Crippen LogP contribution is 2.47. The third kappa shape index (κ3) is 3.20. The summed E-state index contributed by atoms with van der Waals surface area (Å²) in [5.74, 6) is 0.760. The molecule has 2 rings (SSSR count). The van der Waals surface area contributed by atoms with E-state index in [1.807, 2.05) is 0 Å². The third-order valence-electron chi connectivity index (χ3n) is 4.61. The van der Waals surface area contributed by atoms with Gasteiger partial charge in [-0.2, -0.15) is 0 Å². The Labute approximate surface area is 118 Å². The van der Waals surface area contributed by atoms with Crippen LogP contribution in [-0.4, -0.2) is 12.6 Å². The van der Waals surface area contributed by atoms with Crippen molar-refractivity contribution in [1.82, 2.24) is 5.32 Å². The van der Waals surface area contributed by atoms with E-state index in [-0.39, 0.29) is 0 Å². The fraction of sp³-hybridized carbons (Fsp3) is 0.667. The van der Waals surface area contributed by atoms with Gasteiger partial charge in [0.25, 0.3) is 0 Å². The van der Waals surface area contributed by atoms with Crippen molar-refractivity contribution in [2.45, 2.75) is 64.3 Å². The number of hydrogen-bond acceptors (Lipinski definition) is 1. The number of hydrogen-bond donors (Lipinski definition) is 1. The minimum Gasteiger partial charge on any atom is -0.313 e. The lowest BCUT2D eigenvalue weighted by atomic mass is 9.59. The molecule has 1 unspecified atom stereocenters. The quantitative estimate of drug-likeness (QED) is 0.759. The molecule has 1 aromatic rings. The van der Waals surface area contributed by atoms with Crippen molar-refractivity contribution < 1.29 is 0 Å². The molecule has 1 aromatic carbocycles. The van der Waals surface area contributed by atoms with Crippen LogP contribution in [0.2, 0.25) is 0 Å². The van der Waals surface area contributed by atoms with Crippen molar-refractivity contribution in [2.75, 3.05) is 6.54 Å². The molecular weight excluding hydrogens is 230 g/mol. The van der Waals surface area contributed by atoms with E-state index >= 15 is 0 Å². The van der Waals surface area contributed by atoms with Gasteiger partial charge in [-0.15, -0.1) is 0 Å². The first-order valence-electron chi connectivity index (χ1n) is 7.98. The fourth-order valence-electron chi connectivity index (χ4n) is 3.46. The zero-order valence-corrected chi connectivity index (χ0v) is 12.8. The Morgan fingerprint density at radius 3 is 2.32 bits per heavy atom. The largest absolute Gasteiger partial charge is 0.313 e. The topological polar surface area (TPSA) is 12.0 Å². The second-order valence-electron chi connectivity index (χ2n) is 6.51. The van der Waals surface area contributed by atoms with Crippen LogP contribution in [0.5, 0.6) is 0 Å². The minimum atomic E-state index is 0.403. The van der Waals surface area contributed by atoms with Crippen molar-refractivity contribution >= 4 is 0 Å². The van der Waals surface area contributed by atoms with Crippen molar-refractivity contribution in [3.8, 4) is 0 Å². The summed E-state index contributed by atoms with van der Waals surface area (Å²) in [6.07, 6.45) is 6.60. The lowest BCUT2D eigenvalue weighted by molar-refractivity contribution is 0.151. The summed E-state index contributed by atoms with van der Waals surface area (Å²) in [6, 6.07) is 11.8. The Balaban J connectivity index is 2.20. The van der Waals surface area contributed by atoms with Crippen LogP contribution in [0.3, 0.4) is 0 Å². The normalized spacial score (nSPS) is 19.2. The van der Waals surface area contributed by atoms with Gasteiger partial charge in [-0.25, -0.2) is 0 Å². The first kappa shape index (κ1) is 14.6. The zero-order chi connectivity index (χ0) is 13.7. The van der Waals surface area contributed by atoms with E-state index in [2.05, 4.69) is 56.4 Å². The SMILES string of the molecule is CCCNC(CC(C)C)C1(c2ccccc2)CCC1. The summed E-state index contributed by atoms with van der Waals surface area (Å²) >= 11 is 0. The van der Waals surface area contributed by atoms with Gasteiger partial charge in [-0.05, 0) is 43.7 Å². The molecule has 1 fully saturated rings. The Hall–Kier alpha value is -0.820. The number of benzene rings is 1. The van der Waals surface area contributed by atoms with Crippen molar-refractivity contribution in [3.05, 3.63) is 35.9 Å². The Morgan fingerprint density at radius 2 is 1.84 bits per heavy atom. The van der Waals surface area contributed by atoms with Gasteiger partial charge < -0.3 is 5.32 Å². The van der Waals surface area contributed by atoms with Crippen LogP contribution in [0.4, 0.5) is 0 Å². The first-order chi connectivity index (χ1) is 9.19. The molecule has 19 heavy (non-hydrogen) atoms. The third-order valence-corrected chi connectivity index (χ3v) is 4.61. The van der Waals surface area contributed by atoms with E-state index in [0.717, 1.165) is 12.5 Å². The van der Waals surface area contributed by atoms with E-state index in [1.165, 1.54) is 32.1 Å². The minimum absolute atomic E-state index is 0.403. The summed E-state index contributed by atoms with van der Waals surface area (Å²) in [4.78, 5) is 0. The molecule has 0 aromatic heterocycles. The average Bonchev–Trinajstić information content (AvgIpc) is 2.35. The molecule has 0 saturated heterocycles. The molecule has 106 valence electrons. The van der Waals surface area contributed by atoms with Crippen molar-refractivity contribution in [2.24, 2.45) is 5.92 Å². The van der Waals surface area contributed by atoms with Gasteiger partial charge >= 0.3 is 0 Å². The maximum atomic E-state index is 3.84. The number of rotatable bonds is 7. The molecule has 0 radical (unpaired) electrons. The molecule has 0 amide bonds.